The van der Waals surface area contributed by atoms with Crippen LogP contribution in [-0.4, -0.2) is 32.4 Å². The zero-order valence-electron chi connectivity index (χ0n) is 10.5. The van der Waals surface area contributed by atoms with Crippen LogP contribution in [0.4, 0.5) is 0 Å². The van der Waals surface area contributed by atoms with Gasteiger partial charge in [0.05, 0.1) is 0 Å². The van der Waals surface area contributed by atoms with Gasteiger partial charge in [-0.15, -0.1) is 12.3 Å². The summed E-state index contributed by atoms with van der Waals surface area (Å²) in [5, 5.41) is 0. The van der Waals surface area contributed by atoms with Crippen LogP contribution in [0.5, 0.6) is 0 Å². The molecule has 1 saturated heterocycles. The molecule has 0 atom stereocenters. The van der Waals surface area contributed by atoms with Crippen molar-refractivity contribution in [2.75, 3.05) is 19.6 Å². The predicted molar refractivity (Wildman–Crippen MR) is 69.6 cm³/mol. The Morgan fingerprint density at radius 2 is 2.00 bits per heavy atom. The minimum Gasteiger partial charge on any atom is -0.202 e. The molecule has 0 radical (unpaired) electrons. The first-order valence-electron chi connectivity index (χ1n) is 6.24. The molecule has 1 aliphatic heterocycles. The van der Waals surface area contributed by atoms with E-state index in [0.717, 1.165) is 25.7 Å². The zero-order chi connectivity index (χ0) is 12.7. The molecule has 0 aromatic heterocycles. The predicted octanol–water partition coefficient (Wildman–Crippen LogP) is 1.36. The minimum absolute atomic E-state index is 0.482. The highest BCUT2D eigenvalue weighted by Gasteiger charge is 2.25. The minimum atomic E-state index is -3.26. The van der Waals surface area contributed by atoms with E-state index >= 15 is 0 Å². The van der Waals surface area contributed by atoms with E-state index in [-0.39, 0.29) is 0 Å². The van der Waals surface area contributed by atoms with Gasteiger partial charge < -0.3 is 0 Å². The fraction of sp³-hybridized carbons (Fsp3) is 0.833. The molecule has 1 fully saturated rings. The second-order valence-electron chi connectivity index (χ2n) is 4.64. The van der Waals surface area contributed by atoms with Gasteiger partial charge >= 0.3 is 0 Å². The monoisotopic (exact) mass is 258 g/mol. The summed E-state index contributed by atoms with van der Waals surface area (Å²) in [5.74, 6) is 3.18. The zero-order valence-corrected chi connectivity index (χ0v) is 11.3. The molecule has 4 nitrogen and oxygen atoms in total. The van der Waals surface area contributed by atoms with Gasteiger partial charge in [-0.1, -0.05) is 6.92 Å². The number of piperidine rings is 1. The standard InChI is InChI=1S/C12H22N2O2S/c1-3-4-5-6-9-13-17(15,16)14-10-7-12(2)8-11-14/h1,12-13H,4-11H2,2H3. The Morgan fingerprint density at radius 1 is 1.35 bits per heavy atom. The van der Waals surface area contributed by atoms with Crippen LogP contribution in [0.1, 0.15) is 39.0 Å². The Labute approximate surface area is 105 Å². The van der Waals surface area contributed by atoms with Crippen molar-refractivity contribution >= 4 is 10.2 Å². The summed E-state index contributed by atoms with van der Waals surface area (Å²) in [6, 6.07) is 0. The summed E-state index contributed by atoms with van der Waals surface area (Å²) < 4.78 is 28.0. The second kappa shape index (κ2) is 7.00. The average Bonchev–Trinajstić information content (AvgIpc) is 2.29. The molecule has 1 aliphatic rings. The molecule has 0 spiro atoms. The largest absolute Gasteiger partial charge is 0.279 e. The molecule has 0 saturated carbocycles. The number of hydrogen-bond acceptors (Lipinski definition) is 2. The second-order valence-corrected chi connectivity index (χ2v) is 6.40. The Kier molecular flexibility index (Phi) is 5.96. The SMILES string of the molecule is C#CCCCCNS(=O)(=O)N1CCC(C)CC1. The van der Waals surface area contributed by atoms with Crippen LogP contribution in [0.2, 0.25) is 0 Å². The van der Waals surface area contributed by atoms with Crippen molar-refractivity contribution in [1.29, 1.82) is 0 Å². The number of nitrogens with zero attached hydrogens (tertiary/aromatic N) is 1. The topological polar surface area (TPSA) is 49.4 Å². The summed E-state index contributed by atoms with van der Waals surface area (Å²) >= 11 is 0. The third-order valence-corrected chi connectivity index (χ3v) is 4.73. The summed E-state index contributed by atoms with van der Waals surface area (Å²) in [6.07, 6.45) is 9.42. The number of unbranched alkanes of at least 4 members (excludes halogenated alkanes) is 2. The van der Waals surface area contributed by atoms with E-state index in [1.807, 2.05) is 0 Å². The molecule has 0 amide bonds. The van der Waals surface area contributed by atoms with Crippen LogP contribution in [-0.2, 0) is 10.2 Å². The van der Waals surface area contributed by atoms with Crippen molar-refractivity contribution in [3.63, 3.8) is 0 Å². The van der Waals surface area contributed by atoms with Crippen LogP contribution in [0.15, 0.2) is 0 Å². The smallest absolute Gasteiger partial charge is 0.202 e. The molecule has 0 aliphatic carbocycles. The number of terminal acetylenes is 1. The first-order valence-corrected chi connectivity index (χ1v) is 7.68. The van der Waals surface area contributed by atoms with Crippen LogP contribution >= 0.6 is 0 Å². The maximum Gasteiger partial charge on any atom is 0.279 e. The molecule has 0 aromatic carbocycles. The number of rotatable bonds is 6. The van der Waals surface area contributed by atoms with Gasteiger partial charge in [0.15, 0.2) is 0 Å². The van der Waals surface area contributed by atoms with Crippen molar-refractivity contribution in [1.82, 2.24) is 9.03 Å². The van der Waals surface area contributed by atoms with Gasteiger partial charge in [-0.2, -0.15) is 12.7 Å². The van der Waals surface area contributed by atoms with Crippen LogP contribution in [0.25, 0.3) is 0 Å². The molecule has 0 unspecified atom stereocenters. The Balaban J connectivity index is 2.28. The molecule has 5 heteroatoms. The lowest BCUT2D eigenvalue weighted by molar-refractivity contribution is 0.285. The molecule has 0 aromatic rings. The van der Waals surface area contributed by atoms with Crippen LogP contribution in [0, 0.1) is 18.3 Å². The van der Waals surface area contributed by atoms with Crippen molar-refractivity contribution < 1.29 is 8.42 Å². The lowest BCUT2D eigenvalue weighted by Crippen LogP contribution is -2.44. The average molecular weight is 258 g/mol. The van der Waals surface area contributed by atoms with E-state index in [4.69, 9.17) is 6.42 Å². The van der Waals surface area contributed by atoms with E-state index < -0.39 is 10.2 Å². The normalized spacial score (nSPS) is 19.1. The van der Waals surface area contributed by atoms with Crippen molar-refractivity contribution in [2.24, 2.45) is 5.92 Å². The molecule has 98 valence electrons. The van der Waals surface area contributed by atoms with E-state index in [1.54, 1.807) is 4.31 Å². The Morgan fingerprint density at radius 3 is 2.59 bits per heavy atom. The van der Waals surface area contributed by atoms with Crippen molar-refractivity contribution in [3.05, 3.63) is 0 Å². The summed E-state index contributed by atoms with van der Waals surface area (Å²) in [6.45, 7) is 3.93. The highest BCUT2D eigenvalue weighted by molar-refractivity contribution is 7.87. The fourth-order valence-electron chi connectivity index (χ4n) is 1.87. The molecule has 1 N–H and O–H groups in total. The van der Waals surface area contributed by atoms with Crippen molar-refractivity contribution in [3.8, 4) is 12.3 Å². The molecular weight excluding hydrogens is 236 g/mol. The number of nitrogens with one attached hydrogen (secondary N) is 1. The summed E-state index contributed by atoms with van der Waals surface area (Å²) in [7, 11) is -3.26. The lowest BCUT2D eigenvalue weighted by atomic mass is 10.0. The Bertz CT molecular complexity index is 351. The van der Waals surface area contributed by atoms with Gasteiger partial charge in [-0.05, 0) is 31.6 Å². The molecule has 1 heterocycles. The van der Waals surface area contributed by atoms with E-state index in [2.05, 4.69) is 17.6 Å². The molecular formula is C12H22N2O2S. The highest BCUT2D eigenvalue weighted by atomic mass is 32.2. The maximum atomic E-state index is 11.9. The van der Waals surface area contributed by atoms with Gasteiger partial charge in [0.1, 0.15) is 0 Å². The Hall–Kier alpha value is -0.570. The highest BCUT2D eigenvalue weighted by Crippen LogP contribution is 2.17. The third kappa shape index (κ3) is 5.07. The van der Waals surface area contributed by atoms with E-state index in [1.165, 1.54) is 0 Å². The summed E-state index contributed by atoms with van der Waals surface area (Å²) in [5.41, 5.74) is 0. The first-order chi connectivity index (χ1) is 8.06. The quantitative estimate of drug-likeness (QED) is 0.577. The molecule has 17 heavy (non-hydrogen) atoms. The summed E-state index contributed by atoms with van der Waals surface area (Å²) in [4.78, 5) is 0. The maximum absolute atomic E-state index is 11.9. The van der Waals surface area contributed by atoms with Crippen molar-refractivity contribution in [2.45, 2.75) is 39.0 Å². The first kappa shape index (κ1) is 14.5. The van der Waals surface area contributed by atoms with Crippen LogP contribution in [0.3, 0.4) is 0 Å². The van der Waals surface area contributed by atoms with Gasteiger partial charge in [0.2, 0.25) is 0 Å². The number of hydrogen-bond donors (Lipinski definition) is 1. The molecule has 1 rings (SSSR count). The van der Waals surface area contributed by atoms with Gasteiger partial charge in [-0.25, -0.2) is 4.72 Å². The van der Waals surface area contributed by atoms with E-state index in [0.29, 0.717) is 32.0 Å². The fourth-order valence-corrected chi connectivity index (χ4v) is 3.15. The van der Waals surface area contributed by atoms with Gasteiger partial charge in [0, 0.05) is 26.1 Å². The van der Waals surface area contributed by atoms with Gasteiger partial charge in [-0.3, -0.25) is 0 Å². The van der Waals surface area contributed by atoms with Gasteiger partial charge in [0.25, 0.3) is 10.2 Å². The molecule has 0 bridgehead atoms. The lowest BCUT2D eigenvalue weighted by Gasteiger charge is -2.29. The third-order valence-electron chi connectivity index (χ3n) is 3.11. The van der Waals surface area contributed by atoms with E-state index in [9.17, 15) is 8.42 Å². The van der Waals surface area contributed by atoms with Crippen LogP contribution < -0.4 is 4.72 Å².